The molecule has 3 aromatic rings. The molecule has 2 heteroatoms. The zero-order valence-corrected chi connectivity index (χ0v) is 12.5. The monoisotopic (exact) mass is 278 g/mol. The van der Waals surface area contributed by atoms with Crippen molar-refractivity contribution in [1.29, 1.82) is 0 Å². The Bertz CT molecular complexity index is 791. The molecular weight excluding hydrogens is 260 g/mol. The van der Waals surface area contributed by atoms with Crippen molar-refractivity contribution in [3.8, 4) is 22.6 Å². The average molecular weight is 278 g/mol. The molecule has 0 unspecified atom stereocenters. The van der Waals surface area contributed by atoms with Crippen LogP contribution in [0.15, 0.2) is 54.6 Å². The first kappa shape index (κ1) is 13.5. The van der Waals surface area contributed by atoms with Gasteiger partial charge in [0.05, 0.1) is 19.8 Å². The molecule has 2 nitrogen and oxygen atoms in total. The molecule has 0 amide bonds. The van der Waals surface area contributed by atoms with Gasteiger partial charge in [0.1, 0.15) is 11.5 Å². The number of aryl methyl sites for hydroxylation is 1. The Morgan fingerprint density at radius 2 is 1.52 bits per heavy atom. The minimum Gasteiger partial charge on any atom is -0.496 e. The van der Waals surface area contributed by atoms with E-state index in [0.717, 1.165) is 33.4 Å². The fourth-order valence-electron chi connectivity index (χ4n) is 2.77. The van der Waals surface area contributed by atoms with Crippen molar-refractivity contribution in [2.24, 2.45) is 0 Å². The smallest absolute Gasteiger partial charge is 0.138 e. The molecule has 21 heavy (non-hydrogen) atoms. The molecule has 0 fully saturated rings. The van der Waals surface area contributed by atoms with Crippen molar-refractivity contribution in [2.75, 3.05) is 14.2 Å². The molecule has 0 N–H and O–H groups in total. The van der Waals surface area contributed by atoms with E-state index in [1.165, 1.54) is 5.56 Å². The van der Waals surface area contributed by atoms with Crippen LogP contribution >= 0.6 is 0 Å². The van der Waals surface area contributed by atoms with Crippen LogP contribution in [0.4, 0.5) is 0 Å². The maximum Gasteiger partial charge on any atom is 0.138 e. The second-order valence-corrected chi connectivity index (χ2v) is 5.02. The van der Waals surface area contributed by atoms with Gasteiger partial charge in [-0.3, -0.25) is 0 Å². The minimum atomic E-state index is 0.833. The van der Waals surface area contributed by atoms with Gasteiger partial charge < -0.3 is 9.47 Å². The standard InChI is InChI=1S/C19H18O2/c1-13-8-4-6-10-15(13)18-17(20-2)12-14-9-5-7-11-16(14)19(18)21-3/h4-12H,1-3H3. The summed E-state index contributed by atoms with van der Waals surface area (Å²) < 4.78 is 11.4. The quantitative estimate of drug-likeness (QED) is 0.683. The Morgan fingerprint density at radius 1 is 0.810 bits per heavy atom. The Kier molecular flexibility index (Phi) is 3.53. The summed E-state index contributed by atoms with van der Waals surface area (Å²) in [7, 11) is 3.41. The van der Waals surface area contributed by atoms with Crippen molar-refractivity contribution in [3.05, 3.63) is 60.2 Å². The van der Waals surface area contributed by atoms with Crippen LogP contribution in [0, 0.1) is 6.92 Å². The SMILES string of the molecule is COc1cc2ccccc2c(OC)c1-c1ccccc1C. The molecule has 0 radical (unpaired) electrons. The summed E-state index contributed by atoms with van der Waals surface area (Å²) in [6, 6.07) is 18.5. The summed E-state index contributed by atoms with van der Waals surface area (Å²) in [5.74, 6) is 1.69. The molecule has 0 atom stereocenters. The Labute approximate surface area is 124 Å². The van der Waals surface area contributed by atoms with Gasteiger partial charge in [0.2, 0.25) is 0 Å². The van der Waals surface area contributed by atoms with E-state index < -0.39 is 0 Å². The highest BCUT2D eigenvalue weighted by Crippen LogP contribution is 2.44. The minimum absolute atomic E-state index is 0.833. The topological polar surface area (TPSA) is 18.5 Å². The van der Waals surface area contributed by atoms with E-state index in [4.69, 9.17) is 9.47 Å². The summed E-state index contributed by atoms with van der Waals surface area (Å²) in [5.41, 5.74) is 3.35. The molecule has 0 aliphatic heterocycles. The van der Waals surface area contributed by atoms with E-state index in [-0.39, 0.29) is 0 Å². The second kappa shape index (κ2) is 5.49. The van der Waals surface area contributed by atoms with Crippen LogP contribution in [0.3, 0.4) is 0 Å². The Hall–Kier alpha value is -2.48. The van der Waals surface area contributed by atoms with E-state index in [0.29, 0.717) is 0 Å². The second-order valence-electron chi connectivity index (χ2n) is 5.02. The van der Waals surface area contributed by atoms with Gasteiger partial charge in [-0.25, -0.2) is 0 Å². The summed E-state index contributed by atoms with van der Waals surface area (Å²) in [4.78, 5) is 0. The summed E-state index contributed by atoms with van der Waals surface area (Å²) in [6.07, 6.45) is 0. The van der Waals surface area contributed by atoms with Crippen molar-refractivity contribution in [2.45, 2.75) is 6.92 Å². The zero-order valence-electron chi connectivity index (χ0n) is 12.5. The number of rotatable bonds is 3. The molecular formula is C19H18O2. The first-order chi connectivity index (χ1) is 10.3. The fraction of sp³-hybridized carbons (Fsp3) is 0.158. The maximum absolute atomic E-state index is 5.73. The number of hydrogen-bond donors (Lipinski definition) is 0. The zero-order chi connectivity index (χ0) is 14.8. The van der Waals surface area contributed by atoms with Crippen LogP contribution in [-0.4, -0.2) is 14.2 Å². The molecule has 3 aromatic carbocycles. The molecule has 0 aliphatic rings. The van der Waals surface area contributed by atoms with Gasteiger partial charge in [0.25, 0.3) is 0 Å². The average Bonchev–Trinajstić information content (AvgIpc) is 2.53. The molecule has 0 spiro atoms. The Balaban J connectivity index is 2.43. The lowest BCUT2D eigenvalue weighted by atomic mass is 9.95. The molecule has 106 valence electrons. The normalized spacial score (nSPS) is 10.6. The first-order valence-electron chi connectivity index (χ1n) is 6.96. The van der Waals surface area contributed by atoms with E-state index in [1.54, 1.807) is 14.2 Å². The highest BCUT2D eigenvalue weighted by atomic mass is 16.5. The molecule has 0 aromatic heterocycles. The van der Waals surface area contributed by atoms with Crippen LogP contribution in [0.5, 0.6) is 11.5 Å². The van der Waals surface area contributed by atoms with Crippen LogP contribution in [0.1, 0.15) is 5.56 Å². The molecule has 0 aliphatic carbocycles. The molecule has 0 saturated heterocycles. The van der Waals surface area contributed by atoms with Gasteiger partial charge in [0, 0.05) is 5.39 Å². The number of methoxy groups -OCH3 is 2. The van der Waals surface area contributed by atoms with E-state index in [2.05, 4.69) is 37.3 Å². The van der Waals surface area contributed by atoms with Crippen LogP contribution in [-0.2, 0) is 0 Å². The molecule has 0 heterocycles. The van der Waals surface area contributed by atoms with E-state index in [9.17, 15) is 0 Å². The highest BCUT2D eigenvalue weighted by molar-refractivity contribution is 5.98. The highest BCUT2D eigenvalue weighted by Gasteiger charge is 2.17. The van der Waals surface area contributed by atoms with Crippen molar-refractivity contribution >= 4 is 10.8 Å². The van der Waals surface area contributed by atoms with E-state index in [1.807, 2.05) is 24.3 Å². The number of fused-ring (bicyclic) bond motifs is 1. The van der Waals surface area contributed by atoms with Gasteiger partial charge >= 0.3 is 0 Å². The third-order valence-electron chi connectivity index (χ3n) is 3.80. The predicted octanol–water partition coefficient (Wildman–Crippen LogP) is 4.83. The van der Waals surface area contributed by atoms with Gasteiger partial charge in [-0.2, -0.15) is 0 Å². The number of ether oxygens (including phenoxy) is 2. The molecule has 0 saturated carbocycles. The summed E-state index contributed by atoms with van der Waals surface area (Å²) in [6.45, 7) is 2.10. The lowest BCUT2D eigenvalue weighted by Gasteiger charge is -2.17. The van der Waals surface area contributed by atoms with E-state index >= 15 is 0 Å². The number of hydrogen-bond acceptors (Lipinski definition) is 2. The third kappa shape index (κ3) is 2.23. The van der Waals surface area contributed by atoms with Crippen molar-refractivity contribution in [3.63, 3.8) is 0 Å². The van der Waals surface area contributed by atoms with Gasteiger partial charge in [-0.05, 0) is 29.5 Å². The maximum atomic E-state index is 5.73. The summed E-state index contributed by atoms with van der Waals surface area (Å²) >= 11 is 0. The van der Waals surface area contributed by atoms with Gasteiger partial charge in [-0.1, -0.05) is 48.5 Å². The molecule has 0 bridgehead atoms. The largest absolute Gasteiger partial charge is 0.496 e. The predicted molar refractivity (Wildman–Crippen MR) is 87.2 cm³/mol. The van der Waals surface area contributed by atoms with Crippen LogP contribution in [0.2, 0.25) is 0 Å². The Morgan fingerprint density at radius 3 is 2.24 bits per heavy atom. The lowest BCUT2D eigenvalue weighted by Crippen LogP contribution is -1.96. The van der Waals surface area contributed by atoms with Crippen LogP contribution < -0.4 is 9.47 Å². The lowest BCUT2D eigenvalue weighted by molar-refractivity contribution is 0.401. The first-order valence-corrected chi connectivity index (χ1v) is 6.96. The fourth-order valence-corrected chi connectivity index (χ4v) is 2.77. The molecule has 3 rings (SSSR count). The van der Waals surface area contributed by atoms with Crippen molar-refractivity contribution in [1.82, 2.24) is 0 Å². The van der Waals surface area contributed by atoms with Crippen LogP contribution in [0.25, 0.3) is 21.9 Å². The summed E-state index contributed by atoms with van der Waals surface area (Å²) in [5, 5.41) is 2.21. The van der Waals surface area contributed by atoms with Gasteiger partial charge in [-0.15, -0.1) is 0 Å². The third-order valence-corrected chi connectivity index (χ3v) is 3.80. The van der Waals surface area contributed by atoms with Gasteiger partial charge in [0.15, 0.2) is 0 Å². The number of benzene rings is 3. The van der Waals surface area contributed by atoms with Crippen molar-refractivity contribution < 1.29 is 9.47 Å².